The van der Waals surface area contributed by atoms with Crippen LogP contribution in [0.25, 0.3) is 0 Å². The van der Waals surface area contributed by atoms with E-state index in [1.54, 1.807) is 0 Å². The zero-order chi connectivity index (χ0) is 15.4. The van der Waals surface area contributed by atoms with Crippen LogP contribution in [0.15, 0.2) is 12.1 Å². The van der Waals surface area contributed by atoms with E-state index in [2.05, 4.69) is 44.7 Å². The third-order valence-electron chi connectivity index (χ3n) is 5.01. The summed E-state index contributed by atoms with van der Waals surface area (Å²) in [7, 11) is 0. The molecule has 2 atom stereocenters. The summed E-state index contributed by atoms with van der Waals surface area (Å²) in [5.74, 6) is 0. The fraction of sp³-hybridized carbons (Fsp3) is 0.684. The fourth-order valence-electron chi connectivity index (χ4n) is 4.06. The first-order valence-corrected chi connectivity index (χ1v) is 8.60. The van der Waals surface area contributed by atoms with Gasteiger partial charge < -0.3 is 5.73 Å². The highest BCUT2D eigenvalue weighted by Crippen LogP contribution is 2.26. The quantitative estimate of drug-likeness (QED) is 0.896. The van der Waals surface area contributed by atoms with E-state index in [1.165, 1.54) is 60.9 Å². The number of nitrogens with zero attached hydrogens (tertiary/aromatic N) is 1. The molecule has 2 rings (SSSR count). The molecule has 1 aromatic carbocycles. The monoisotopic (exact) mass is 288 g/mol. The summed E-state index contributed by atoms with van der Waals surface area (Å²) in [4.78, 5) is 2.65. The Labute approximate surface area is 130 Å². The van der Waals surface area contributed by atoms with E-state index in [4.69, 9.17) is 5.73 Å². The Morgan fingerprint density at radius 3 is 2.43 bits per heavy atom. The van der Waals surface area contributed by atoms with Crippen molar-refractivity contribution in [2.24, 2.45) is 5.73 Å². The topological polar surface area (TPSA) is 29.3 Å². The van der Waals surface area contributed by atoms with E-state index >= 15 is 0 Å². The summed E-state index contributed by atoms with van der Waals surface area (Å²) in [6.45, 7) is 11.1. The van der Waals surface area contributed by atoms with Crippen molar-refractivity contribution in [1.82, 2.24) is 4.90 Å². The lowest BCUT2D eigenvalue weighted by Gasteiger charge is -2.32. The molecule has 1 aromatic rings. The molecule has 0 amide bonds. The van der Waals surface area contributed by atoms with E-state index in [1.807, 2.05) is 0 Å². The largest absolute Gasteiger partial charge is 0.323 e. The molecule has 1 aliphatic rings. The van der Waals surface area contributed by atoms with Crippen LogP contribution in [0.1, 0.15) is 67.3 Å². The van der Waals surface area contributed by atoms with Crippen LogP contribution in [-0.2, 0) is 0 Å². The highest BCUT2D eigenvalue weighted by molar-refractivity contribution is 5.39. The number of aryl methyl sites for hydroxylation is 3. The Morgan fingerprint density at radius 1 is 1.14 bits per heavy atom. The summed E-state index contributed by atoms with van der Waals surface area (Å²) in [5.41, 5.74) is 12.0. The average molecular weight is 288 g/mol. The SMILES string of the molecule is CCC1CCCCCN1CC(N)c1c(C)cc(C)cc1C. The molecule has 0 radical (unpaired) electrons. The van der Waals surface area contributed by atoms with Gasteiger partial charge in [0, 0.05) is 18.6 Å². The first-order chi connectivity index (χ1) is 10.0. The molecule has 21 heavy (non-hydrogen) atoms. The molecule has 2 heteroatoms. The number of nitrogens with two attached hydrogens (primary N) is 1. The maximum Gasteiger partial charge on any atom is 0.0429 e. The maximum absolute atomic E-state index is 6.60. The second-order valence-electron chi connectivity index (χ2n) is 6.83. The molecule has 2 nitrogen and oxygen atoms in total. The van der Waals surface area contributed by atoms with Gasteiger partial charge in [-0.05, 0) is 63.3 Å². The van der Waals surface area contributed by atoms with Crippen molar-refractivity contribution >= 4 is 0 Å². The average Bonchev–Trinajstić information content (AvgIpc) is 2.62. The van der Waals surface area contributed by atoms with E-state index in [0.29, 0.717) is 0 Å². The third-order valence-corrected chi connectivity index (χ3v) is 5.01. The number of likely N-dealkylation sites (tertiary alicyclic amines) is 1. The lowest BCUT2D eigenvalue weighted by atomic mass is 9.93. The van der Waals surface area contributed by atoms with E-state index in [-0.39, 0.29) is 6.04 Å². The van der Waals surface area contributed by atoms with Crippen LogP contribution >= 0.6 is 0 Å². The Morgan fingerprint density at radius 2 is 1.81 bits per heavy atom. The third kappa shape index (κ3) is 4.08. The van der Waals surface area contributed by atoms with Gasteiger partial charge >= 0.3 is 0 Å². The van der Waals surface area contributed by atoms with Gasteiger partial charge in [0.05, 0.1) is 0 Å². The van der Waals surface area contributed by atoms with Crippen LogP contribution in [0.5, 0.6) is 0 Å². The van der Waals surface area contributed by atoms with Crippen LogP contribution in [0.2, 0.25) is 0 Å². The van der Waals surface area contributed by atoms with E-state index in [0.717, 1.165) is 12.6 Å². The van der Waals surface area contributed by atoms with Gasteiger partial charge in [-0.3, -0.25) is 4.90 Å². The summed E-state index contributed by atoms with van der Waals surface area (Å²) >= 11 is 0. The molecule has 118 valence electrons. The van der Waals surface area contributed by atoms with Gasteiger partial charge in [0.15, 0.2) is 0 Å². The second-order valence-corrected chi connectivity index (χ2v) is 6.83. The predicted octanol–water partition coefficient (Wildman–Crippen LogP) is 4.27. The molecule has 1 aliphatic heterocycles. The van der Waals surface area contributed by atoms with Gasteiger partial charge in [0.25, 0.3) is 0 Å². The summed E-state index contributed by atoms with van der Waals surface area (Å²) < 4.78 is 0. The first kappa shape index (κ1) is 16.5. The Hall–Kier alpha value is -0.860. The number of rotatable bonds is 4. The van der Waals surface area contributed by atoms with Crippen molar-refractivity contribution in [3.05, 3.63) is 34.4 Å². The normalized spacial score (nSPS) is 22.0. The Bertz CT molecular complexity index is 444. The molecular weight excluding hydrogens is 256 g/mol. The van der Waals surface area contributed by atoms with Crippen LogP contribution in [0.4, 0.5) is 0 Å². The molecule has 0 spiro atoms. The van der Waals surface area contributed by atoms with Crippen molar-refractivity contribution in [3.8, 4) is 0 Å². The standard InChI is InChI=1S/C19H32N2/c1-5-17-9-7-6-8-10-21(17)13-18(20)19-15(3)11-14(2)12-16(19)4/h11-12,17-18H,5-10,13,20H2,1-4H3. The van der Waals surface area contributed by atoms with Crippen molar-refractivity contribution < 1.29 is 0 Å². The molecule has 1 heterocycles. The Kier molecular flexibility index (Phi) is 5.83. The molecule has 1 fully saturated rings. The van der Waals surface area contributed by atoms with Gasteiger partial charge in [-0.25, -0.2) is 0 Å². The minimum absolute atomic E-state index is 0.137. The molecular formula is C19H32N2. The number of benzene rings is 1. The van der Waals surface area contributed by atoms with Crippen LogP contribution < -0.4 is 5.73 Å². The zero-order valence-electron chi connectivity index (χ0n) is 14.3. The van der Waals surface area contributed by atoms with E-state index in [9.17, 15) is 0 Å². The van der Waals surface area contributed by atoms with Gasteiger partial charge in [0.1, 0.15) is 0 Å². The molecule has 0 bridgehead atoms. The smallest absolute Gasteiger partial charge is 0.0429 e. The van der Waals surface area contributed by atoms with Gasteiger partial charge in [0.2, 0.25) is 0 Å². The molecule has 1 saturated heterocycles. The van der Waals surface area contributed by atoms with Crippen molar-refractivity contribution in [2.75, 3.05) is 13.1 Å². The molecule has 0 aromatic heterocycles. The maximum atomic E-state index is 6.60. The minimum atomic E-state index is 0.137. The van der Waals surface area contributed by atoms with E-state index < -0.39 is 0 Å². The molecule has 2 unspecified atom stereocenters. The lowest BCUT2D eigenvalue weighted by molar-refractivity contribution is 0.183. The molecule has 0 saturated carbocycles. The fourth-order valence-corrected chi connectivity index (χ4v) is 4.06. The van der Waals surface area contributed by atoms with Gasteiger partial charge in [-0.15, -0.1) is 0 Å². The first-order valence-electron chi connectivity index (χ1n) is 8.60. The number of hydrogen-bond acceptors (Lipinski definition) is 2. The summed E-state index contributed by atoms with van der Waals surface area (Å²) in [6, 6.07) is 5.39. The zero-order valence-corrected chi connectivity index (χ0v) is 14.3. The number of hydrogen-bond donors (Lipinski definition) is 1. The van der Waals surface area contributed by atoms with Crippen molar-refractivity contribution in [1.29, 1.82) is 0 Å². The van der Waals surface area contributed by atoms with Crippen molar-refractivity contribution in [3.63, 3.8) is 0 Å². The highest BCUT2D eigenvalue weighted by atomic mass is 15.2. The van der Waals surface area contributed by atoms with Gasteiger partial charge in [-0.1, -0.05) is 37.5 Å². The lowest BCUT2D eigenvalue weighted by Crippen LogP contribution is -2.40. The summed E-state index contributed by atoms with van der Waals surface area (Å²) in [6.07, 6.45) is 6.68. The minimum Gasteiger partial charge on any atom is -0.323 e. The Balaban J connectivity index is 2.14. The van der Waals surface area contributed by atoms with Crippen molar-refractivity contribution in [2.45, 2.75) is 71.9 Å². The highest BCUT2D eigenvalue weighted by Gasteiger charge is 2.23. The predicted molar refractivity (Wildman–Crippen MR) is 91.7 cm³/mol. The van der Waals surface area contributed by atoms with Crippen LogP contribution in [0, 0.1) is 20.8 Å². The summed E-state index contributed by atoms with van der Waals surface area (Å²) in [5, 5.41) is 0. The van der Waals surface area contributed by atoms with Crippen LogP contribution in [0.3, 0.4) is 0 Å². The van der Waals surface area contributed by atoms with Gasteiger partial charge in [-0.2, -0.15) is 0 Å². The molecule has 0 aliphatic carbocycles. The van der Waals surface area contributed by atoms with Crippen LogP contribution in [-0.4, -0.2) is 24.0 Å². The second kappa shape index (κ2) is 7.42. The molecule has 2 N–H and O–H groups in total.